The number of hydrogen-bond acceptors (Lipinski definition) is 2. The summed E-state index contributed by atoms with van der Waals surface area (Å²) in [6, 6.07) is 12.7. The van der Waals surface area contributed by atoms with Crippen LogP contribution in [0.2, 0.25) is 0 Å². The number of halogens is 2. The Bertz CT molecular complexity index is 568. The van der Waals surface area contributed by atoms with Gasteiger partial charge in [0.05, 0.1) is 0 Å². The SMILES string of the molecule is Cc1cc(OC(F)F)cc(OCc2ccccc2)c1C. The van der Waals surface area contributed by atoms with Crippen LogP contribution in [0.25, 0.3) is 0 Å². The van der Waals surface area contributed by atoms with Crippen molar-refractivity contribution in [3.05, 3.63) is 59.2 Å². The van der Waals surface area contributed by atoms with Gasteiger partial charge in [0.1, 0.15) is 18.1 Å². The Hall–Kier alpha value is -2.10. The second kappa shape index (κ2) is 6.37. The number of aryl methyl sites for hydroxylation is 1. The van der Waals surface area contributed by atoms with Crippen LogP contribution in [0.4, 0.5) is 8.78 Å². The fourth-order valence-corrected chi connectivity index (χ4v) is 1.85. The van der Waals surface area contributed by atoms with Crippen LogP contribution in [-0.2, 0) is 6.61 Å². The lowest BCUT2D eigenvalue weighted by molar-refractivity contribution is -0.0499. The molecule has 106 valence electrons. The summed E-state index contributed by atoms with van der Waals surface area (Å²) in [5, 5.41) is 0. The van der Waals surface area contributed by atoms with Crippen molar-refractivity contribution in [2.75, 3.05) is 0 Å². The minimum Gasteiger partial charge on any atom is -0.488 e. The summed E-state index contributed by atoms with van der Waals surface area (Å²) in [6.45, 7) is 1.28. The molecule has 0 aliphatic rings. The predicted octanol–water partition coefficient (Wildman–Crippen LogP) is 4.48. The molecular formula is C16H16F2O2. The molecule has 0 amide bonds. The van der Waals surface area contributed by atoms with E-state index in [9.17, 15) is 8.78 Å². The lowest BCUT2D eigenvalue weighted by Crippen LogP contribution is -2.04. The van der Waals surface area contributed by atoms with Crippen LogP contribution in [0.5, 0.6) is 11.5 Å². The van der Waals surface area contributed by atoms with Crippen LogP contribution < -0.4 is 9.47 Å². The second-order valence-electron chi connectivity index (χ2n) is 4.52. The maximum absolute atomic E-state index is 12.3. The van der Waals surface area contributed by atoms with Crippen molar-refractivity contribution in [1.82, 2.24) is 0 Å². The molecule has 4 heteroatoms. The smallest absolute Gasteiger partial charge is 0.387 e. The van der Waals surface area contributed by atoms with E-state index < -0.39 is 6.61 Å². The summed E-state index contributed by atoms with van der Waals surface area (Å²) in [7, 11) is 0. The molecule has 0 aliphatic heterocycles. The highest BCUT2D eigenvalue weighted by Crippen LogP contribution is 2.29. The van der Waals surface area contributed by atoms with Gasteiger partial charge in [0.25, 0.3) is 0 Å². The first-order valence-corrected chi connectivity index (χ1v) is 6.29. The zero-order valence-electron chi connectivity index (χ0n) is 11.4. The molecule has 2 rings (SSSR count). The molecule has 0 aromatic heterocycles. The number of benzene rings is 2. The van der Waals surface area contributed by atoms with Gasteiger partial charge in [-0.05, 0) is 36.6 Å². The maximum atomic E-state index is 12.3. The summed E-state index contributed by atoms with van der Waals surface area (Å²) in [4.78, 5) is 0. The summed E-state index contributed by atoms with van der Waals surface area (Å²) in [5.41, 5.74) is 2.79. The fraction of sp³-hybridized carbons (Fsp3) is 0.250. The van der Waals surface area contributed by atoms with Crippen molar-refractivity contribution in [1.29, 1.82) is 0 Å². The Labute approximate surface area is 117 Å². The lowest BCUT2D eigenvalue weighted by Gasteiger charge is -2.14. The minimum absolute atomic E-state index is 0.117. The number of ether oxygens (including phenoxy) is 2. The summed E-state index contributed by atoms with van der Waals surface area (Å²) in [6.07, 6.45) is 0. The normalized spacial score (nSPS) is 10.7. The summed E-state index contributed by atoms with van der Waals surface area (Å²) < 4.78 is 34.7. The molecule has 0 bridgehead atoms. The van der Waals surface area contributed by atoms with Crippen molar-refractivity contribution in [3.8, 4) is 11.5 Å². The Kier molecular flexibility index (Phi) is 4.56. The molecule has 0 unspecified atom stereocenters. The van der Waals surface area contributed by atoms with Crippen molar-refractivity contribution >= 4 is 0 Å². The topological polar surface area (TPSA) is 18.5 Å². The van der Waals surface area contributed by atoms with E-state index in [-0.39, 0.29) is 5.75 Å². The van der Waals surface area contributed by atoms with Crippen LogP contribution >= 0.6 is 0 Å². The maximum Gasteiger partial charge on any atom is 0.387 e. The standard InChI is InChI=1S/C16H16F2O2/c1-11-8-14(20-16(17)18)9-15(12(11)2)19-10-13-6-4-3-5-7-13/h3-9,16H,10H2,1-2H3. The first-order chi connectivity index (χ1) is 9.56. The molecule has 0 radical (unpaired) electrons. The largest absolute Gasteiger partial charge is 0.488 e. The highest BCUT2D eigenvalue weighted by atomic mass is 19.3. The van der Waals surface area contributed by atoms with E-state index in [0.29, 0.717) is 12.4 Å². The molecule has 20 heavy (non-hydrogen) atoms. The first kappa shape index (κ1) is 14.3. The van der Waals surface area contributed by atoms with Crippen molar-refractivity contribution in [2.45, 2.75) is 27.1 Å². The third kappa shape index (κ3) is 3.70. The molecule has 2 nitrogen and oxygen atoms in total. The molecule has 0 saturated carbocycles. The molecule has 0 fully saturated rings. The van der Waals surface area contributed by atoms with E-state index in [1.54, 1.807) is 6.07 Å². The first-order valence-electron chi connectivity index (χ1n) is 6.29. The van der Waals surface area contributed by atoms with Crippen molar-refractivity contribution in [3.63, 3.8) is 0 Å². The monoisotopic (exact) mass is 278 g/mol. The van der Waals surface area contributed by atoms with Crippen LogP contribution in [0.1, 0.15) is 16.7 Å². The highest BCUT2D eigenvalue weighted by molar-refractivity contribution is 5.45. The van der Waals surface area contributed by atoms with E-state index in [0.717, 1.165) is 16.7 Å². The zero-order chi connectivity index (χ0) is 14.5. The van der Waals surface area contributed by atoms with E-state index >= 15 is 0 Å². The van der Waals surface area contributed by atoms with Gasteiger partial charge in [0.15, 0.2) is 0 Å². The second-order valence-corrected chi connectivity index (χ2v) is 4.52. The molecule has 2 aromatic rings. The predicted molar refractivity (Wildman–Crippen MR) is 73.3 cm³/mol. The molecule has 0 spiro atoms. The van der Waals surface area contributed by atoms with Crippen LogP contribution in [0.3, 0.4) is 0 Å². The number of alkyl halides is 2. The average Bonchev–Trinajstić information content (AvgIpc) is 2.41. The molecule has 0 aliphatic carbocycles. The quantitative estimate of drug-likeness (QED) is 0.802. The third-order valence-corrected chi connectivity index (χ3v) is 3.06. The Balaban J connectivity index is 2.15. The number of rotatable bonds is 5. The lowest BCUT2D eigenvalue weighted by atomic mass is 10.1. The zero-order valence-corrected chi connectivity index (χ0v) is 11.4. The van der Waals surface area contributed by atoms with E-state index in [4.69, 9.17) is 4.74 Å². The number of hydrogen-bond donors (Lipinski definition) is 0. The van der Waals surface area contributed by atoms with Gasteiger partial charge in [0, 0.05) is 6.07 Å². The van der Waals surface area contributed by atoms with Gasteiger partial charge in [0.2, 0.25) is 0 Å². The fourth-order valence-electron chi connectivity index (χ4n) is 1.85. The average molecular weight is 278 g/mol. The van der Waals surface area contributed by atoms with Gasteiger partial charge in [-0.3, -0.25) is 0 Å². The molecule has 0 N–H and O–H groups in total. The van der Waals surface area contributed by atoms with E-state index in [2.05, 4.69) is 4.74 Å². The van der Waals surface area contributed by atoms with Crippen LogP contribution in [0.15, 0.2) is 42.5 Å². The Morgan fingerprint density at radius 3 is 2.40 bits per heavy atom. The van der Waals surface area contributed by atoms with Gasteiger partial charge >= 0.3 is 6.61 Å². The van der Waals surface area contributed by atoms with Crippen molar-refractivity contribution < 1.29 is 18.3 Å². The summed E-state index contributed by atoms with van der Waals surface area (Å²) >= 11 is 0. The minimum atomic E-state index is -2.83. The third-order valence-electron chi connectivity index (χ3n) is 3.06. The molecule has 0 saturated heterocycles. The molecule has 0 atom stereocenters. The van der Waals surface area contributed by atoms with Crippen LogP contribution in [-0.4, -0.2) is 6.61 Å². The van der Waals surface area contributed by atoms with Gasteiger partial charge in [-0.15, -0.1) is 0 Å². The van der Waals surface area contributed by atoms with Crippen LogP contribution in [0, 0.1) is 13.8 Å². The van der Waals surface area contributed by atoms with E-state index in [1.807, 2.05) is 44.2 Å². The van der Waals surface area contributed by atoms with Crippen molar-refractivity contribution in [2.24, 2.45) is 0 Å². The molecular weight excluding hydrogens is 262 g/mol. The Morgan fingerprint density at radius 1 is 1.05 bits per heavy atom. The van der Waals surface area contributed by atoms with Gasteiger partial charge in [-0.2, -0.15) is 8.78 Å². The van der Waals surface area contributed by atoms with Gasteiger partial charge < -0.3 is 9.47 Å². The highest BCUT2D eigenvalue weighted by Gasteiger charge is 2.10. The Morgan fingerprint density at radius 2 is 1.75 bits per heavy atom. The molecule has 0 heterocycles. The van der Waals surface area contributed by atoms with E-state index in [1.165, 1.54) is 6.07 Å². The summed E-state index contributed by atoms with van der Waals surface area (Å²) in [5.74, 6) is 0.677. The molecule has 2 aromatic carbocycles. The van der Waals surface area contributed by atoms with Gasteiger partial charge in [-0.1, -0.05) is 30.3 Å². The van der Waals surface area contributed by atoms with Gasteiger partial charge in [-0.25, -0.2) is 0 Å².